The Balaban J connectivity index is 1.82. The average Bonchev–Trinajstić information content (AvgIpc) is 2.76. The number of carbonyl (C=O) groups excluding carboxylic acids is 1. The van der Waals surface area contributed by atoms with E-state index in [2.05, 4.69) is 0 Å². The highest BCUT2D eigenvalue weighted by Crippen LogP contribution is 2.13. The van der Waals surface area contributed by atoms with Gasteiger partial charge in [0.1, 0.15) is 0 Å². The molecular weight excluding hydrogens is 208 g/mol. The second kappa shape index (κ2) is 8.53. The Morgan fingerprint density at radius 3 is 2.56 bits per heavy atom. The van der Waals surface area contributed by atoms with Crippen LogP contribution in [-0.2, 0) is 19.0 Å². The van der Waals surface area contributed by atoms with Crippen molar-refractivity contribution in [1.29, 1.82) is 0 Å². The van der Waals surface area contributed by atoms with Gasteiger partial charge in [-0.1, -0.05) is 12.8 Å². The number of rotatable bonds is 8. The van der Waals surface area contributed by atoms with Crippen LogP contribution in [0.3, 0.4) is 0 Å². The summed E-state index contributed by atoms with van der Waals surface area (Å²) < 4.78 is 15.5. The Kier molecular flexibility index (Phi) is 7.17. The summed E-state index contributed by atoms with van der Waals surface area (Å²) in [7, 11) is 0. The molecule has 16 heavy (non-hydrogen) atoms. The molecule has 4 heteroatoms. The van der Waals surface area contributed by atoms with Gasteiger partial charge in [0.15, 0.2) is 6.29 Å². The lowest BCUT2D eigenvalue weighted by Gasteiger charge is -2.07. The summed E-state index contributed by atoms with van der Waals surface area (Å²) in [6, 6.07) is 0. The summed E-state index contributed by atoms with van der Waals surface area (Å²) in [6.07, 6.45) is 5.77. The van der Waals surface area contributed by atoms with E-state index < -0.39 is 0 Å². The van der Waals surface area contributed by atoms with E-state index in [0.717, 1.165) is 45.3 Å². The quantitative estimate of drug-likeness (QED) is 0.474. The molecule has 0 bridgehead atoms. The Morgan fingerprint density at radius 1 is 1.19 bits per heavy atom. The zero-order chi connectivity index (χ0) is 11.6. The third kappa shape index (κ3) is 6.08. The van der Waals surface area contributed by atoms with Gasteiger partial charge in [-0.05, 0) is 26.2 Å². The first-order chi connectivity index (χ1) is 7.83. The van der Waals surface area contributed by atoms with Crippen molar-refractivity contribution in [3.8, 4) is 0 Å². The van der Waals surface area contributed by atoms with E-state index >= 15 is 0 Å². The van der Waals surface area contributed by atoms with Crippen LogP contribution in [-0.4, -0.2) is 32.1 Å². The molecule has 1 aliphatic rings. The largest absolute Gasteiger partial charge is 0.466 e. The maximum atomic E-state index is 11.0. The number of esters is 1. The lowest BCUT2D eigenvalue weighted by Crippen LogP contribution is -2.06. The van der Waals surface area contributed by atoms with Crippen LogP contribution in [0.4, 0.5) is 0 Å². The van der Waals surface area contributed by atoms with Crippen LogP contribution in [0, 0.1) is 0 Å². The van der Waals surface area contributed by atoms with Gasteiger partial charge in [-0.25, -0.2) is 0 Å². The van der Waals surface area contributed by atoms with Gasteiger partial charge in [0.2, 0.25) is 0 Å². The fourth-order valence-electron chi connectivity index (χ4n) is 1.74. The highest BCUT2D eigenvalue weighted by atomic mass is 16.7. The second-order valence-electron chi connectivity index (χ2n) is 3.93. The van der Waals surface area contributed by atoms with E-state index in [-0.39, 0.29) is 12.3 Å². The molecule has 1 fully saturated rings. The summed E-state index contributed by atoms with van der Waals surface area (Å²) in [5, 5.41) is 0. The third-order valence-electron chi connectivity index (χ3n) is 2.57. The molecule has 0 aliphatic carbocycles. The molecule has 1 aliphatic heterocycles. The van der Waals surface area contributed by atoms with Crippen LogP contribution in [0.15, 0.2) is 0 Å². The highest BCUT2D eigenvalue weighted by Gasteiger charge is 2.14. The standard InChI is InChI=1S/C12H22O4/c1-2-14-11(13)7-5-3-4-6-8-12-15-9-10-16-12/h12H,2-10H2,1H3. The highest BCUT2D eigenvalue weighted by molar-refractivity contribution is 5.69. The van der Waals surface area contributed by atoms with Crippen molar-refractivity contribution in [2.45, 2.75) is 51.7 Å². The van der Waals surface area contributed by atoms with Crippen LogP contribution in [0.5, 0.6) is 0 Å². The van der Waals surface area contributed by atoms with Gasteiger partial charge >= 0.3 is 5.97 Å². The van der Waals surface area contributed by atoms with Crippen molar-refractivity contribution >= 4 is 5.97 Å². The second-order valence-corrected chi connectivity index (χ2v) is 3.93. The van der Waals surface area contributed by atoms with Crippen molar-refractivity contribution in [3.05, 3.63) is 0 Å². The minimum atomic E-state index is -0.0787. The normalized spacial score (nSPS) is 16.6. The molecule has 4 nitrogen and oxygen atoms in total. The van der Waals surface area contributed by atoms with Crippen LogP contribution >= 0.6 is 0 Å². The Bertz CT molecular complexity index is 187. The van der Waals surface area contributed by atoms with Gasteiger partial charge in [-0.2, -0.15) is 0 Å². The Hall–Kier alpha value is -0.610. The molecule has 0 spiro atoms. The van der Waals surface area contributed by atoms with Gasteiger partial charge in [0.25, 0.3) is 0 Å². The number of unbranched alkanes of at least 4 members (excludes halogenated alkanes) is 3. The zero-order valence-corrected chi connectivity index (χ0v) is 10.1. The molecule has 1 rings (SSSR count). The molecule has 0 aromatic carbocycles. The molecule has 0 radical (unpaired) electrons. The minimum absolute atomic E-state index is 0.0186. The van der Waals surface area contributed by atoms with Gasteiger partial charge in [0, 0.05) is 6.42 Å². The first-order valence-electron chi connectivity index (χ1n) is 6.21. The lowest BCUT2D eigenvalue weighted by molar-refractivity contribution is -0.143. The van der Waals surface area contributed by atoms with Crippen molar-refractivity contribution in [1.82, 2.24) is 0 Å². The smallest absolute Gasteiger partial charge is 0.305 e. The molecule has 0 aromatic rings. The fraction of sp³-hybridized carbons (Fsp3) is 0.917. The van der Waals surface area contributed by atoms with Gasteiger partial charge in [-0.3, -0.25) is 4.79 Å². The first kappa shape index (κ1) is 13.5. The fourth-order valence-corrected chi connectivity index (χ4v) is 1.74. The summed E-state index contributed by atoms with van der Waals surface area (Å²) in [5.41, 5.74) is 0. The summed E-state index contributed by atoms with van der Waals surface area (Å²) in [4.78, 5) is 11.0. The van der Waals surface area contributed by atoms with Crippen molar-refractivity contribution in [2.75, 3.05) is 19.8 Å². The number of hydrogen-bond acceptors (Lipinski definition) is 4. The molecule has 0 amide bonds. The molecular formula is C12H22O4. The molecule has 94 valence electrons. The van der Waals surface area contributed by atoms with E-state index in [9.17, 15) is 4.79 Å². The molecule has 0 aromatic heterocycles. The number of hydrogen-bond donors (Lipinski definition) is 0. The monoisotopic (exact) mass is 230 g/mol. The molecule has 0 saturated carbocycles. The molecule has 0 unspecified atom stereocenters. The molecule has 0 N–H and O–H groups in total. The minimum Gasteiger partial charge on any atom is -0.466 e. The van der Waals surface area contributed by atoms with Gasteiger partial charge in [0.05, 0.1) is 19.8 Å². The summed E-state index contributed by atoms with van der Waals surface area (Å²) in [6.45, 7) is 3.77. The number of ether oxygens (including phenoxy) is 3. The molecule has 0 atom stereocenters. The topological polar surface area (TPSA) is 44.8 Å². The first-order valence-corrected chi connectivity index (χ1v) is 6.21. The summed E-state index contributed by atoms with van der Waals surface area (Å²) in [5.74, 6) is -0.0787. The maximum Gasteiger partial charge on any atom is 0.305 e. The van der Waals surface area contributed by atoms with Gasteiger partial charge in [-0.15, -0.1) is 0 Å². The van der Waals surface area contributed by atoms with Crippen molar-refractivity contribution < 1.29 is 19.0 Å². The predicted molar refractivity (Wildman–Crippen MR) is 60.0 cm³/mol. The molecule has 1 heterocycles. The van der Waals surface area contributed by atoms with E-state index in [1.807, 2.05) is 6.92 Å². The summed E-state index contributed by atoms with van der Waals surface area (Å²) >= 11 is 0. The van der Waals surface area contributed by atoms with Crippen LogP contribution < -0.4 is 0 Å². The average molecular weight is 230 g/mol. The van der Waals surface area contributed by atoms with Crippen LogP contribution in [0.25, 0.3) is 0 Å². The number of carbonyl (C=O) groups is 1. The lowest BCUT2D eigenvalue weighted by atomic mass is 10.1. The van der Waals surface area contributed by atoms with Crippen molar-refractivity contribution in [2.24, 2.45) is 0 Å². The van der Waals surface area contributed by atoms with Crippen LogP contribution in [0.2, 0.25) is 0 Å². The Labute approximate surface area is 97.2 Å². The van der Waals surface area contributed by atoms with Crippen LogP contribution in [0.1, 0.15) is 45.4 Å². The van der Waals surface area contributed by atoms with E-state index in [1.165, 1.54) is 0 Å². The Morgan fingerprint density at radius 2 is 1.88 bits per heavy atom. The van der Waals surface area contributed by atoms with Gasteiger partial charge < -0.3 is 14.2 Å². The van der Waals surface area contributed by atoms with E-state index in [0.29, 0.717) is 13.0 Å². The van der Waals surface area contributed by atoms with Crippen molar-refractivity contribution in [3.63, 3.8) is 0 Å². The predicted octanol–water partition coefficient (Wildman–Crippen LogP) is 2.26. The third-order valence-corrected chi connectivity index (χ3v) is 2.57. The molecule has 1 saturated heterocycles. The van der Waals surface area contributed by atoms with E-state index in [4.69, 9.17) is 14.2 Å². The van der Waals surface area contributed by atoms with E-state index in [1.54, 1.807) is 0 Å². The SMILES string of the molecule is CCOC(=O)CCCCCCC1OCCO1. The maximum absolute atomic E-state index is 11.0. The zero-order valence-electron chi connectivity index (χ0n) is 10.1.